The Labute approximate surface area is 131 Å². The van der Waals surface area contributed by atoms with Crippen LogP contribution in [0.5, 0.6) is 0 Å². The number of likely N-dealkylation sites (N-methyl/N-ethyl adjacent to an activating group) is 1. The second kappa shape index (κ2) is 8.22. The number of hydrogen-bond acceptors (Lipinski definition) is 3. The molecule has 0 aliphatic carbocycles. The lowest BCUT2D eigenvalue weighted by molar-refractivity contribution is 0.153. The number of urea groups is 1. The lowest BCUT2D eigenvalue weighted by Crippen LogP contribution is -2.45. The van der Waals surface area contributed by atoms with Gasteiger partial charge in [-0.15, -0.1) is 0 Å². The molecule has 0 radical (unpaired) electrons. The standard InChI is InChI=1S/C15H23ClN4O/c1-19-9-11-20(12-10-19)8-2-7-17-15(21)18-14-5-3-13(16)4-6-14/h3-6H,2,7-12H2,1H3,(H2,17,18,21). The number of hydrogen-bond donors (Lipinski definition) is 2. The first-order chi connectivity index (χ1) is 10.1. The second-order valence-corrected chi connectivity index (χ2v) is 5.82. The van der Waals surface area contributed by atoms with Crippen LogP contribution in [0.3, 0.4) is 0 Å². The first-order valence-electron chi connectivity index (χ1n) is 7.35. The van der Waals surface area contributed by atoms with Crippen LogP contribution >= 0.6 is 11.6 Å². The molecule has 1 aromatic carbocycles. The molecule has 1 aliphatic heterocycles. The zero-order valence-corrected chi connectivity index (χ0v) is 13.2. The van der Waals surface area contributed by atoms with Gasteiger partial charge in [0, 0.05) is 43.4 Å². The monoisotopic (exact) mass is 310 g/mol. The molecule has 2 rings (SSSR count). The van der Waals surface area contributed by atoms with Crippen LogP contribution < -0.4 is 10.6 Å². The summed E-state index contributed by atoms with van der Waals surface area (Å²) in [4.78, 5) is 16.5. The lowest BCUT2D eigenvalue weighted by atomic mass is 10.3. The van der Waals surface area contributed by atoms with Gasteiger partial charge in [-0.1, -0.05) is 11.6 Å². The molecule has 1 aromatic rings. The molecule has 1 aliphatic rings. The molecule has 21 heavy (non-hydrogen) atoms. The number of nitrogens with zero attached hydrogens (tertiary/aromatic N) is 2. The van der Waals surface area contributed by atoms with Crippen molar-refractivity contribution in [2.24, 2.45) is 0 Å². The Balaban J connectivity index is 1.58. The molecule has 1 heterocycles. The fourth-order valence-electron chi connectivity index (χ4n) is 2.28. The number of anilines is 1. The zero-order valence-electron chi connectivity index (χ0n) is 12.4. The van der Waals surface area contributed by atoms with Crippen molar-refractivity contribution >= 4 is 23.3 Å². The van der Waals surface area contributed by atoms with E-state index in [4.69, 9.17) is 11.6 Å². The van der Waals surface area contributed by atoms with Gasteiger partial charge in [0.25, 0.3) is 0 Å². The van der Waals surface area contributed by atoms with Gasteiger partial charge in [0.15, 0.2) is 0 Å². The maximum atomic E-state index is 11.7. The lowest BCUT2D eigenvalue weighted by Gasteiger charge is -2.32. The van der Waals surface area contributed by atoms with Gasteiger partial charge in [-0.3, -0.25) is 0 Å². The summed E-state index contributed by atoms with van der Waals surface area (Å²) in [5.41, 5.74) is 0.746. The van der Waals surface area contributed by atoms with Crippen LogP contribution in [0, 0.1) is 0 Å². The van der Waals surface area contributed by atoms with Gasteiger partial charge in [-0.25, -0.2) is 4.79 Å². The molecular formula is C15H23ClN4O. The summed E-state index contributed by atoms with van der Waals surface area (Å²) in [6.45, 7) is 6.22. The van der Waals surface area contributed by atoms with E-state index in [0.29, 0.717) is 11.6 Å². The van der Waals surface area contributed by atoms with Gasteiger partial charge in [-0.05, 0) is 44.3 Å². The largest absolute Gasteiger partial charge is 0.338 e. The smallest absolute Gasteiger partial charge is 0.319 e. The SMILES string of the molecule is CN1CCN(CCCNC(=O)Nc2ccc(Cl)cc2)CC1. The number of piperazine rings is 1. The van der Waals surface area contributed by atoms with Crippen molar-refractivity contribution in [3.63, 3.8) is 0 Å². The highest BCUT2D eigenvalue weighted by molar-refractivity contribution is 6.30. The number of rotatable bonds is 5. The van der Waals surface area contributed by atoms with Crippen LogP contribution in [0.25, 0.3) is 0 Å². The molecule has 0 aromatic heterocycles. The average Bonchev–Trinajstić information content (AvgIpc) is 2.48. The molecule has 0 unspecified atom stereocenters. The molecule has 6 heteroatoms. The first kappa shape index (κ1) is 16.1. The highest BCUT2D eigenvalue weighted by Gasteiger charge is 2.12. The fourth-order valence-corrected chi connectivity index (χ4v) is 2.41. The number of halogens is 1. The van der Waals surface area contributed by atoms with E-state index < -0.39 is 0 Å². The first-order valence-corrected chi connectivity index (χ1v) is 7.72. The van der Waals surface area contributed by atoms with Gasteiger partial charge in [0.05, 0.1) is 0 Å². The third-order valence-corrected chi connectivity index (χ3v) is 3.89. The number of amides is 2. The zero-order chi connectivity index (χ0) is 15.1. The van der Waals surface area contributed by atoms with E-state index in [0.717, 1.165) is 44.8 Å². The minimum Gasteiger partial charge on any atom is -0.338 e. The Morgan fingerprint density at radius 3 is 2.52 bits per heavy atom. The predicted octanol–water partition coefficient (Wildman–Crippen LogP) is 2.10. The van der Waals surface area contributed by atoms with Crippen LogP contribution in [0.15, 0.2) is 24.3 Å². The third-order valence-electron chi connectivity index (χ3n) is 3.63. The molecule has 0 spiro atoms. The molecule has 116 valence electrons. The van der Waals surface area contributed by atoms with Crippen LogP contribution in [-0.4, -0.2) is 62.1 Å². The van der Waals surface area contributed by atoms with Crippen LogP contribution in [0.4, 0.5) is 10.5 Å². The summed E-state index contributed by atoms with van der Waals surface area (Å²) in [6.07, 6.45) is 0.970. The molecule has 5 nitrogen and oxygen atoms in total. The average molecular weight is 311 g/mol. The van der Waals surface area contributed by atoms with Crippen molar-refractivity contribution in [3.8, 4) is 0 Å². The predicted molar refractivity (Wildman–Crippen MR) is 87.0 cm³/mol. The molecule has 1 saturated heterocycles. The van der Waals surface area contributed by atoms with Gasteiger partial charge in [-0.2, -0.15) is 0 Å². The molecule has 2 amide bonds. The van der Waals surface area contributed by atoms with Gasteiger partial charge in [0.1, 0.15) is 0 Å². The van der Waals surface area contributed by atoms with Gasteiger partial charge >= 0.3 is 6.03 Å². The minimum atomic E-state index is -0.171. The topological polar surface area (TPSA) is 47.6 Å². The molecular weight excluding hydrogens is 288 g/mol. The highest BCUT2D eigenvalue weighted by atomic mass is 35.5. The molecule has 0 bridgehead atoms. The Bertz CT molecular complexity index is 443. The molecule has 0 atom stereocenters. The van der Waals surface area contributed by atoms with Gasteiger partial charge < -0.3 is 20.4 Å². The van der Waals surface area contributed by atoms with Crippen LogP contribution in [0.2, 0.25) is 5.02 Å². The van der Waals surface area contributed by atoms with Crippen LogP contribution in [-0.2, 0) is 0 Å². The maximum Gasteiger partial charge on any atom is 0.319 e. The highest BCUT2D eigenvalue weighted by Crippen LogP contribution is 2.12. The summed E-state index contributed by atoms with van der Waals surface area (Å²) in [6, 6.07) is 6.91. The van der Waals surface area contributed by atoms with Crippen molar-refractivity contribution in [1.29, 1.82) is 0 Å². The van der Waals surface area contributed by atoms with E-state index in [1.807, 2.05) is 0 Å². The molecule has 0 saturated carbocycles. The number of carbonyl (C=O) groups is 1. The molecule has 2 N–H and O–H groups in total. The number of benzene rings is 1. The summed E-state index contributed by atoms with van der Waals surface area (Å²) in [5, 5.41) is 6.32. The number of nitrogens with one attached hydrogen (secondary N) is 2. The van der Waals surface area contributed by atoms with Crippen molar-refractivity contribution in [2.75, 3.05) is 51.6 Å². The van der Waals surface area contributed by atoms with Gasteiger partial charge in [0.2, 0.25) is 0 Å². The van der Waals surface area contributed by atoms with E-state index in [1.54, 1.807) is 24.3 Å². The van der Waals surface area contributed by atoms with E-state index in [-0.39, 0.29) is 6.03 Å². The van der Waals surface area contributed by atoms with Crippen molar-refractivity contribution in [2.45, 2.75) is 6.42 Å². The second-order valence-electron chi connectivity index (χ2n) is 5.39. The maximum absolute atomic E-state index is 11.7. The van der Waals surface area contributed by atoms with E-state index in [9.17, 15) is 4.79 Å². The Hall–Kier alpha value is -1.30. The molecule has 1 fully saturated rings. The number of carbonyl (C=O) groups excluding carboxylic acids is 1. The van der Waals surface area contributed by atoms with E-state index in [1.165, 1.54) is 0 Å². The summed E-state index contributed by atoms with van der Waals surface area (Å²) in [7, 11) is 2.15. The normalized spacial score (nSPS) is 16.7. The summed E-state index contributed by atoms with van der Waals surface area (Å²) in [5.74, 6) is 0. The van der Waals surface area contributed by atoms with Crippen molar-refractivity contribution < 1.29 is 4.79 Å². The Morgan fingerprint density at radius 1 is 1.19 bits per heavy atom. The minimum absolute atomic E-state index is 0.171. The summed E-state index contributed by atoms with van der Waals surface area (Å²) < 4.78 is 0. The quantitative estimate of drug-likeness (QED) is 0.819. The van der Waals surface area contributed by atoms with Crippen LogP contribution in [0.1, 0.15) is 6.42 Å². The van der Waals surface area contributed by atoms with E-state index >= 15 is 0 Å². The van der Waals surface area contributed by atoms with Crippen molar-refractivity contribution in [1.82, 2.24) is 15.1 Å². The fraction of sp³-hybridized carbons (Fsp3) is 0.533. The van der Waals surface area contributed by atoms with Crippen molar-refractivity contribution in [3.05, 3.63) is 29.3 Å². The van der Waals surface area contributed by atoms with E-state index in [2.05, 4.69) is 27.5 Å². The Morgan fingerprint density at radius 2 is 1.86 bits per heavy atom. The summed E-state index contributed by atoms with van der Waals surface area (Å²) >= 11 is 5.80. The Kier molecular flexibility index (Phi) is 6.29. The third kappa shape index (κ3) is 5.91.